The number of ether oxygens (including phenoxy) is 1. The van der Waals surface area contributed by atoms with Gasteiger partial charge >= 0.3 is 0 Å². The molecule has 0 aliphatic heterocycles. The first-order chi connectivity index (χ1) is 13.8. The summed E-state index contributed by atoms with van der Waals surface area (Å²) >= 11 is 12.1. The van der Waals surface area contributed by atoms with Crippen LogP contribution in [0.25, 0.3) is 0 Å². The smallest absolute Gasteiger partial charge is 0.239 e. The third-order valence-electron chi connectivity index (χ3n) is 3.91. The molecule has 29 heavy (non-hydrogen) atoms. The fourth-order valence-corrected chi connectivity index (χ4v) is 4.62. The van der Waals surface area contributed by atoms with Crippen LogP contribution in [0.4, 0.5) is 5.69 Å². The molecule has 0 saturated carbocycles. The number of carbonyl (C=O) groups excluding carboxylic acids is 1. The second kappa shape index (κ2) is 9.31. The first kappa shape index (κ1) is 21.2. The maximum atomic E-state index is 12.5. The Hall–Kier alpha value is -2.54. The molecule has 0 spiro atoms. The Balaban J connectivity index is 1.71. The molecule has 3 aromatic carbocycles. The molecule has 0 radical (unpaired) electrons. The fourth-order valence-electron chi connectivity index (χ4n) is 2.60. The molecule has 0 aromatic heterocycles. The van der Waals surface area contributed by atoms with Gasteiger partial charge in [-0.1, -0.05) is 59.6 Å². The predicted molar refractivity (Wildman–Crippen MR) is 116 cm³/mol. The molecule has 150 valence electrons. The van der Waals surface area contributed by atoms with Crippen LogP contribution in [0, 0.1) is 0 Å². The maximum absolute atomic E-state index is 12.5. The van der Waals surface area contributed by atoms with Crippen molar-refractivity contribution in [3.8, 4) is 11.5 Å². The van der Waals surface area contributed by atoms with Crippen molar-refractivity contribution in [3.05, 3.63) is 88.4 Å². The lowest BCUT2D eigenvalue weighted by Crippen LogP contribution is -2.24. The van der Waals surface area contributed by atoms with Crippen LogP contribution in [0.5, 0.6) is 11.5 Å². The van der Waals surface area contributed by atoms with E-state index in [0.29, 0.717) is 17.2 Å². The zero-order chi connectivity index (χ0) is 20.9. The summed E-state index contributed by atoms with van der Waals surface area (Å²) in [6.07, 6.45) is 0. The number of nitrogens with one attached hydrogen (secondary N) is 1. The normalized spacial score (nSPS) is 11.1. The van der Waals surface area contributed by atoms with E-state index in [0.717, 1.165) is 0 Å². The summed E-state index contributed by atoms with van der Waals surface area (Å²) in [5.74, 6) is -0.832. The van der Waals surface area contributed by atoms with Crippen LogP contribution < -0.4 is 10.1 Å². The van der Waals surface area contributed by atoms with E-state index in [9.17, 15) is 13.2 Å². The Morgan fingerprint density at radius 3 is 2.17 bits per heavy atom. The summed E-state index contributed by atoms with van der Waals surface area (Å²) in [6, 6.07) is 20.6. The number of hydrogen-bond acceptors (Lipinski definition) is 4. The van der Waals surface area contributed by atoms with Crippen LogP contribution in [-0.2, 0) is 20.4 Å². The zero-order valence-corrected chi connectivity index (χ0v) is 17.5. The highest BCUT2D eigenvalue weighted by Crippen LogP contribution is 2.29. The number of anilines is 1. The SMILES string of the molecule is O=C(CS(=O)(=O)Cc1c(Cl)cccc1Cl)Nc1ccccc1Oc1ccccc1. The van der Waals surface area contributed by atoms with Crippen LogP contribution in [-0.4, -0.2) is 20.1 Å². The van der Waals surface area contributed by atoms with E-state index in [1.807, 2.05) is 18.2 Å². The molecule has 0 heterocycles. The second-order valence-electron chi connectivity index (χ2n) is 6.19. The Bertz CT molecular complexity index is 1100. The number of sulfone groups is 1. The Labute approximate surface area is 179 Å². The van der Waals surface area contributed by atoms with Gasteiger partial charge in [-0.2, -0.15) is 0 Å². The van der Waals surface area contributed by atoms with Gasteiger partial charge in [0.2, 0.25) is 5.91 Å². The van der Waals surface area contributed by atoms with Crippen LogP contribution >= 0.6 is 23.2 Å². The van der Waals surface area contributed by atoms with E-state index in [4.69, 9.17) is 27.9 Å². The highest BCUT2D eigenvalue weighted by Gasteiger charge is 2.21. The highest BCUT2D eigenvalue weighted by atomic mass is 35.5. The van der Waals surface area contributed by atoms with Crippen LogP contribution in [0.15, 0.2) is 72.8 Å². The number of rotatable bonds is 7. The molecule has 8 heteroatoms. The Morgan fingerprint density at radius 1 is 0.862 bits per heavy atom. The average Bonchev–Trinajstić information content (AvgIpc) is 2.67. The van der Waals surface area contributed by atoms with Crippen molar-refractivity contribution in [2.75, 3.05) is 11.1 Å². The topological polar surface area (TPSA) is 72.5 Å². The quantitative estimate of drug-likeness (QED) is 0.528. The van der Waals surface area contributed by atoms with Gasteiger partial charge in [-0.3, -0.25) is 4.79 Å². The molecule has 0 saturated heterocycles. The van der Waals surface area contributed by atoms with Gasteiger partial charge < -0.3 is 10.1 Å². The molecular formula is C21H17Cl2NO4S. The number of amides is 1. The number of hydrogen-bond donors (Lipinski definition) is 1. The standard InChI is InChI=1S/C21H17Cl2NO4S/c22-17-9-6-10-18(23)16(17)13-29(26,27)14-21(25)24-19-11-4-5-12-20(19)28-15-7-2-1-3-8-15/h1-12H,13-14H2,(H,24,25). The Kier molecular flexibility index (Phi) is 6.79. The van der Waals surface area contributed by atoms with Crippen molar-refractivity contribution in [3.63, 3.8) is 0 Å². The van der Waals surface area contributed by atoms with E-state index in [2.05, 4.69) is 5.32 Å². The van der Waals surface area contributed by atoms with Crippen LogP contribution in [0.3, 0.4) is 0 Å². The van der Waals surface area contributed by atoms with Crippen molar-refractivity contribution in [2.24, 2.45) is 0 Å². The number of benzene rings is 3. The van der Waals surface area contributed by atoms with Crippen molar-refractivity contribution >= 4 is 44.6 Å². The summed E-state index contributed by atoms with van der Waals surface area (Å²) < 4.78 is 30.7. The van der Waals surface area contributed by atoms with Crippen molar-refractivity contribution in [1.29, 1.82) is 0 Å². The molecule has 5 nitrogen and oxygen atoms in total. The first-order valence-electron chi connectivity index (χ1n) is 8.59. The monoisotopic (exact) mass is 449 g/mol. The fraction of sp³-hybridized carbons (Fsp3) is 0.0952. The van der Waals surface area contributed by atoms with E-state index in [1.54, 1.807) is 54.6 Å². The lowest BCUT2D eigenvalue weighted by molar-refractivity contribution is -0.113. The minimum Gasteiger partial charge on any atom is -0.455 e. The van der Waals surface area contributed by atoms with Gasteiger partial charge in [-0.05, 0) is 36.4 Å². The third kappa shape index (κ3) is 5.97. The molecule has 3 aromatic rings. The van der Waals surface area contributed by atoms with Crippen molar-refractivity contribution in [1.82, 2.24) is 0 Å². The zero-order valence-electron chi connectivity index (χ0n) is 15.1. The van der Waals surface area contributed by atoms with Gasteiger partial charge in [-0.25, -0.2) is 8.42 Å². The van der Waals surface area contributed by atoms with Crippen LogP contribution in [0.2, 0.25) is 10.0 Å². The third-order valence-corrected chi connectivity index (χ3v) is 6.05. The summed E-state index contributed by atoms with van der Waals surface area (Å²) in [5.41, 5.74) is 0.642. The van der Waals surface area contributed by atoms with Gasteiger partial charge in [0.05, 0.1) is 11.4 Å². The molecule has 0 bridgehead atoms. The summed E-state index contributed by atoms with van der Waals surface area (Å²) in [6.45, 7) is 0. The molecular weight excluding hydrogens is 433 g/mol. The first-order valence-corrected chi connectivity index (χ1v) is 11.2. The van der Waals surface area contributed by atoms with E-state index >= 15 is 0 Å². The predicted octanol–water partition coefficient (Wildman–Crippen LogP) is 5.34. The minimum atomic E-state index is -3.79. The average molecular weight is 450 g/mol. The molecule has 3 rings (SSSR count). The molecule has 1 amide bonds. The number of halogens is 2. The summed E-state index contributed by atoms with van der Waals surface area (Å²) in [4.78, 5) is 12.4. The van der Waals surface area contributed by atoms with E-state index in [-0.39, 0.29) is 15.6 Å². The molecule has 1 N–H and O–H groups in total. The lowest BCUT2D eigenvalue weighted by atomic mass is 10.2. The highest BCUT2D eigenvalue weighted by molar-refractivity contribution is 7.91. The summed E-state index contributed by atoms with van der Waals surface area (Å²) in [5, 5.41) is 3.07. The van der Waals surface area contributed by atoms with E-state index < -0.39 is 27.3 Å². The summed E-state index contributed by atoms with van der Waals surface area (Å²) in [7, 11) is -3.79. The second-order valence-corrected chi connectivity index (χ2v) is 9.07. The maximum Gasteiger partial charge on any atom is 0.239 e. The molecule has 0 atom stereocenters. The number of para-hydroxylation sites is 3. The van der Waals surface area contributed by atoms with Gasteiger partial charge in [0.1, 0.15) is 11.5 Å². The molecule has 0 aliphatic rings. The van der Waals surface area contributed by atoms with Gasteiger partial charge in [0.15, 0.2) is 15.6 Å². The van der Waals surface area contributed by atoms with Gasteiger partial charge in [0, 0.05) is 15.6 Å². The molecule has 0 aliphatic carbocycles. The largest absolute Gasteiger partial charge is 0.455 e. The van der Waals surface area contributed by atoms with Gasteiger partial charge in [0.25, 0.3) is 0 Å². The minimum absolute atomic E-state index is 0.239. The van der Waals surface area contributed by atoms with Crippen molar-refractivity contribution in [2.45, 2.75) is 5.75 Å². The van der Waals surface area contributed by atoms with Gasteiger partial charge in [-0.15, -0.1) is 0 Å². The molecule has 0 unspecified atom stereocenters. The Morgan fingerprint density at radius 2 is 1.48 bits per heavy atom. The lowest BCUT2D eigenvalue weighted by Gasteiger charge is -2.13. The number of carbonyl (C=O) groups is 1. The van der Waals surface area contributed by atoms with Crippen molar-refractivity contribution < 1.29 is 17.9 Å². The molecule has 0 fully saturated rings. The van der Waals surface area contributed by atoms with E-state index in [1.165, 1.54) is 0 Å². The van der Waals surface area contributed by atoms with Crippen LogP contribution in [0.1, 0.15) is 5.56 Å².